The number of thiol groups is 1. The first-order chi connectivity index (χ1) is 3.85. The molecule has 8 heavy (non-hydrogen) atoms. The SMILES string of the molecule is CN[C@H]([C]=O)CCS. The second kappa shape index (κ2) is 5.12. The zero-order valence-corrected chi connectivity index (χ0v) is 5.74. The number of rotatable bonds is 4. The van der Waals surface area contributed by atoms with E-state index in [1.54, 1.807) is 7.05 Å². The van der Waals surface area contributed by atoms with Crippen LogP contribution in [0.3, 0.4) is 0 Å². The minimum Gasteiger partial charge on any atom is -0.310 e. The molecule has 0 unspecified atom stereocenters. The molecule has 0 spiro atoms. The highest BCUT2D eigenvalue weighted by Crippen LogP contribution is 1.87. The third kappa shape index (κ3) is 3.04. The van der Waals surface area contributed by atoms with Crippen molar-refractivity contribution in [1.82, 2.24) is 5.32 Å². The van der Waals surface area contributed by atoms with Gasteiger partial charge in [-0.1, -0.05) is 0 Å². The van der Waals surface area contributed by atoms with Crippen LogP contribution >= 0.6 is 12.6 Å². The molecule has 1 radical (unpaired) electrons. The number of carbonyl (C=O) groups excluding carboxylic acids is 1. The molecule has 47 valence electrons. The molecule has 0 saturated heterocycles. The van der Waals surface area contributed by atoms with Gasteiger partial charge in [0.15, 0.2) is 0 Å². The van der Waals surface area contributed by atoms with Crippen molar-refractivity contribution in [2.75, 3.05) is 12.8 Å². The van der Waals surface area contributed by atoms with E-state index in [-0.39, 0.29) is 6.04 Å². The van der Waals surface area contributed by atoms with E-state index >= 15 is 0 Å². The van der Waals surface area contributed by atoms with Crippen molar-refractivity contribution in [3.63, 3.8) is 0 Å². The summed E-state index contributed by atoms with van der Waals surface area (Å²) in [6.07, 6.45) is 2.60. The van der Waals surface area contributed by atoms with E-state index in [1.807, 2.05) is 6.29 Å². The van der Waals surface area contributed by atoms with E-state index in [2.05, 4.69) is 17.9 Å². The van der Waals surface area contributed by atoms with Gasteiger partial charge in [-0.25, -0.2) is 0 Å². The van der Waals surface area contributed by atoms with Crippen LogP contribution in [0.15, 0.2) is 0 Å². The Morgan fingerprint density at radius 2 is 2.50 bits per heavy atom. The van der Waals surface area contributed by atoms with Crippen LogP contribution in [0.2, 0.25) is 0 Å². The first-order valence-electron chi connectivity index (χ1n) is 2.51. The fourth-order valence-electron chi connectivity index (χ4n) is 0.391. The summed E-state index contributed by atoms with van der Waals surface area (Å²) in [5.41, 5.74) is 0. The third-order valence-electron chi connectivity index (χ3n) is 0.908. The van der Waals surface area contributed by atoms with E-state index in [4.69, 9.17) is 0 Å². The molecule has 0 aromatic carbocycles. The molecule has 0 heterocycles. The maximum Gasteiger partial charge on any atom is 0.216 e. The summed E-state index contributed by atoms with van der Waals surface area (Å²) < 4.78 is 0. The molecule has 0 aromatic rings. The highest BCUT2D eigenvalue weighted by molar-refractivity contribution is 7.80. The molecule has 0 aromatic heterocycles. The Morgan fingerprint density at radius 3 is 2.62 bits per heavy atom. The second-order valence-corrected chi connectivity index (χ2v) is 1.92. The average molecular weight is 132 g/mol. The van der Waals surface area contributed by atoms with Crippen molar-refractivity contribution in [2.45, 2.75) is 12.5 Å². The summed E-state index contributed by atoms with van der Waals surface area (Å²) in [6, 6.07) is -0.132. The molecule has 3 heteroatoms. The number of hydrogen-bond acceptors (Lipinski definition) is 3. The lowest BCUT2D eigenvalue weighted by atomic mass is 10.3. The van der Waals surface area contributed by atoms with Gasteiger partial charge in [-0.3, -0.25) is 4.79 Å². The fraction of sp³-hybridized carbons (Fsp3) is 0.800. The minimum absolute atomic E-state index is 0.132. The maximum absolute atomic E-state index is 9.90. The monoisotopic (exact) mass is 132 g/mol. The molecule has 0 bridgehead atoms. The molecule has 0 aliphatic rings. The van der Waals surface area contributed by atoms with Gasteiger partial charge in [-0.15, -0.1) is 0 Å². The molecule has 2 nitrogen and oxygen atoms in total. The van der Waals surface area contributed by atoms with E-state index in [1.165, 1.54) is 0 Å². The predicted molar refractivity (Wildman–Crippen MR) is 37.0 cm³/mol. The van der Waals surface area contributed by atoms with Crippen LogP contribution in [-0.2, 0) is 4.79 Å². The van der Waals surface area contributed by atoms with E-state index in [0.717, 1.165) is 12.2 Å². The summed E-state index contributed by atoms with van der Waals surface area (Å²) in [5, 5.41) is 2.78. The molecular formula is C5H10NOS. The molecule has 0 fully saturated rings. The molecule has 0 amide bonds. The van der Waals surface area contributed by atoms with Gasteiger partial charge >= 0.3 is 0 Å². The molecule has 1 atom stereocenters. The Balaban J connectivity index is 3.21. The zero-order valence-electron chi connectivity index (χ0n) is 4.85. The summed E-state index contributed by atoms with van der Waals surface area (Å²) in [6.45, 7) is 0. The van der Waals surface area contributed by atoms with Gasteiger partial charge in [0, 0.05) is 0 Å². The van der Waals surface area contributed by atoms with Crippen molar-refractivity contribution >= 4 is 18.9 Å². The second-order valence-electron chi connectivity index (χ2n) is 1.47. The third-order valence-corrected chi connectivity index (χ3v) is 1.17. The lowest BCUT2D eigenvalue weighted by Crippen LogP contribution is -2.26. The maximum atomic E-state index is 9.90. The topological polar surface area (TPSA) is 29.1 Å². The van der Waals surface area contributed by atoms with Crippen molar-refractivity contribution in [3.8, 4) is 0 Å². The van der Waals surface area contributed by atoms with Crippen LogP contribution in [0.1, 0.15) is 6.42 Å². The Hall–Kier alpha value is -0.0200. The van der Waals surface area contributed by atoms with Gasteiger partial charge in [0.2, 0.25) is 6.29 Å². The van der Waals surface area contributed by atoms with E-state index < -0.39 is 0 Å². The predicted octanol–water partition coefficient (Wildman–Crippen LogP) is 0.00400. The average Bonchev–Trinajstić information content (AvgIpc) is 1.83. The van der Waals surface area contributed by atoms with Gasteiger partial charge in [0.05, 0.1) is 6.04 Å². The van der Waals surface area contributed by atoms with Gasteiger partial charge in [0.25, 0.3) is 0 Å². The first-order valence-corrected chi connectivity index (χ1v) is 3.14. The fourth-order valence-corrected chi connectivity index (χ4v) is 0.649. The van der Waals surface area contributed by atoms with Gasteiger partial charge in [-0.05, 0) is 19.2 Å². The van der Waals surface area contributed by atoms with Crippen LogP contribution in [-0.4, -0.2) is 25.1 Å². The Kier molecular flexibility index (Phi) is 5.11. The van der Waals surface area contributed by atoms with E-state index in [0.29, 0.717) is 0 Å². The van der Waals surface area contributed by atoms with E-state index in [9.17, 15) is 4.79 Å². The largest absolute Gasteiger partial charge is 0.310 e. The number of hydrogen-bond donors (Lipinski definition) is 2. The van der Waals surface area contributed by atoms with Gasteiger partial charge in [-0.2, -0.15) is 12.6 Å². The molecule has 1 N–H and O–H groups in total. The minimum atomic E-state index is -0.132. The Morgan fingerprint density at radius 1 is 1.88 bits per heavy atom. The summed E-state index contributed by atoms with van der Waals surface area (Å²) in [5.74, 6) is 0.723. The smallest absolute Gasteiger partial charge is 0.216 e. The van der Waals surface area contributed by atoms with Crippen molar-refractivity contribution in [1.29, 1.82) is 0 Å². The highest BCUT2D eigenvalue weighted by Gasteiger charge is 2.00. The first kappa shape index (κ1) is 7.98. The van der Waals surface area contributed by atoms with Crippen LogP contribution < -0.4 is 5.32 Å². The standard InChI is InChI=1S/C5H10NOS/c1-6-5(4-7)2-3-8/h5-6,8H,2-3H2,1H3/t5-/m0/s1. The van der Waals surface area contributed by atoms with Crippen molar-refractivity contribution < 1.29 is 4.79 Å². The summed E-state index contributed by atoms with van der Waals surface area (Å²) in [4.78, 5) is 9.90. The molecule has 0 aliphatic carbocycles. The lowest BCUT2D eigenvalue weighted by Gasteiger charge is -2.02. The van der Waals surface area contributed by atoms with Crippen LogP contribution in [0.4, 0.5) is 0 Å². The molecular weight excluding hydrogens is 122 g/mol. The summed E-state index contributed by atoms with van der Waals surface area (Å²) in [7, 11) is 1.74. The quantitative estimate of drug-likeness (QED) is 0.527. The van der Waals surface area contributed by atoms with Crippen LogP contribution in [0, 0.1) is 0 Å². The van der Waals surface area contributed by atoms with Crippen molar-refractivity contribution in [3.05, 3.63) is 0 Å². The molecule has 0 saturated carbocycles. The number of likely N-dealkylation sites (N-methyl/N-ethyl adjacent to an activating group) is 1. The molecule has 0 rings (SSSR count). The van der Waals surface area contributed by atoms with Gasteiger partial charge < -0.3 is 5.32 Å². The molecule has 0 aliphatic heterocycles. The van der Waals surface area contributed by atoms with Crippen LogP contribution in [0.5, 0.6) is 0 Å². The van der Waals surface area contributed by atoms with Gasteiger partial charge in [0.1, 0.15) is 0 Å². The summed E-state index contributed by atoms with van der Waals surface area (Å²) >= 11 is 3.95. The Labute approximate surface area is 55.1 Å². The van der Waals surface area contributed by atoms with Crippen molar-refractivity contribution in [2.24, 2.45) is 0 Å². The lowest BCUT2D eigenvalue weighted by molar-refractivity contribution is 0.524. The normalized spacial score (nSPS) is 13.2. The van der Waals surface area contributed by atoms with Crippen LogP contribution in [0.25, 0.3) is 0 Å². The number of nitrogens with one attached hydrogen (secondary N) is 1. The highest BCUT2D eigenvalue weighted by atomic mass is 32.1. The zero-order chi connectivity index (χ0) is 6.41. The Bertz CT molecular complexity index is 67.4.